The fraction of sp³-hybridized carbons (Fsp3) is 0.333. The molecule has 1 aliphatic carbocycles. The molecule has 32 heavy (non-hydrogen) atoms. The van der Waals surface area contributed by atoms with Crippen molar-refractivity contribution >= 4 is 33.3 Å². The quantitative estimate of drug-likeness (QED) is 0.610. The van der Waals surface area contributed by atoms with Crippen molar-refractivity contribution in [1.29, 1.82) is 0 Å². The summed E-state index contributed by atoms with van der Waals surface area (Å²) in [6, 6.07) is 9.62. The van der Waals surface area contributed by atoms with Crippen LogP contribution in [0.25, 0.3) is 0 Å². The van der Waals surface area contributed by atoms with Crippen molar-refractivity contribution in [2.45, 2.75) is 23.8 Å². The van der Waals surface area contributed by atoms with Crippen molar-refractivity contribution in [3.8, 4) is 0 Å². The number of hydrogen-bond acceptors (Lipinski definition) is 5. The third-order valence-electron chi connectivity index (χ3n) is 5.09. The average molecular weight is 463 g/mol. The van der Waals surface area contributed by atoms with Gasteiger partial charge >= 0.3 is 6.03 Å². The van der Waals surface area contributed by atoms with E-state index in [1.165, 1.54) is 6.07 Å². The van der Waals surface area contributed by atoms with Crippen molar-refractivity contribution in [1.82, 2.24) is 9.62 Å². The molecule has 2 aliphatic rings. The molecule has 3 amide bonds. The van der Waals surface area contributed by atoms with E-state index in [9.17, 15) is 22.4 Å². The second-order valence-corrected chi connectivity index (χ2v) is 9.47. The summed E-state index contributed by atoms with van der Waals surface area (Å²) < 4.78 is 46.2. The summed E-state index contributed by atoms with van der Waals surface area (Å²) >= 11 is 0. The number of urea groups is 1. The molecule has 1 saturated carbocycles. The highest BCUT2D eigenvalue weighted by molar-refractivity contribution is 7.89. The van der Waals surface area contributed by atoms with Gasteiger partial charge in [0.15, 0.2) is 0 Å². The molecule has 2 aromatic rings. The van der Waals surface area contributed by atoms with Crippen molar-refractivity contribution in [3.63, 3.8) is 0 Å². The molecule has 0 atom stereocenters. The largest absolute Gasteiger partial charge is 0.379 e. The lowest BCUT2D eigenvalue weighted by molar-refractivity contribution is 0.0729. The highest BCUT2D eigenvalue weighted by atomic mass is 32.2. The van der Waals surface area contributed by atoms with Gasteiger partial charge < -0.3 is 20.7 Å². The Kier molecular flexibility index (Phi) is 6.40. The van der Waals surface area contributed by atoms with E-state index in [4.69, 9.17) is 4.74 Å². The van der Waals surface area contributed by atoms with Crippen LogP contribution in [0.4, 0.5) is 20.6 Å². The smallest absolute Gasteiger partial charge is 0.319 e. The molecule has 0 unspecified atom stereocenters. The van der Waals surface area contributed by atoms with Crippen molar-refractivity contribution < 1.29 is 27.1 Å². The maximum Gasteiger partial charge on any atom is 0.319 e. The number of nitrogens with zero attached hydrogens (tertiary/aromatic N) is 1. The Hall–Kier alpha value is -3.02. The molecular formula is C21H23FN4O5S. The summed E-state index contributed by atoms with van der Waals surface area (Å²) in [5, 5.41) is 8.15. The van der Waals surface area contributed by atoms with Crippen LogP contribution in [-0.4, -0.2) is 57.0 Å². The lowest BCUT2D eigenvalue weighted by Gasteiger charge is -2.26. The minimum absolute atomic E-state index is 0.00393. The molecular weight excluding hydrogens is 439 g/mol. The van der Waals surface area contributed by atoms with Crippen LogP contribution in [0.1, 0.15) is 23.2 Å². The lowest BCUT2D eigenvalue weighted by atomic mass is 10.2. The van der Waals surface area contributed by atoms with Crippen LogP contribution < -0.4 is 16.0 Å². The topological polar surface area (TPSA) is 117 Å². The number of morpholine rings is 1. The van der Waals surface area contributed by atoms with E-state index in [2.05, 4.69) is 16.0 Å². The number of anilines is 2. The van der Waals surface area contributed by atoms with Gasteiger partial charge in [-0.15, -0.1) is 0 Å². The number of rotatable bonds is 6. The van der Waals surface area contributed by atoms with Gasteiger partial charge in [-0.3, -0.25) is 4.79 Å². The van der Waals surface area contributed by atoms with E-state index in [1.54, 1.807) is 24.3 Å². The maximum absolute atomic E-state index is 14.3. The van der Waals surface area contributed by atoms with Crippen LogP contribution >= 0.6 is 0 Å². The number of halogens is 1. The summed E-state index contributed by atoms with van der Waals surface area (Å²) in [6.07, 6.45) is 1.97. The number of ether oxygens (including phenoxy) is 1. The van der Waals surface area contributed by atoms with E-state index >= 15 is 0 Å². The van der Waals surface area contributed by atoms with E-state index in [-0.39, 0.29) is 43.9 Å². The van der Waals surface area contributed by atoms with Gasteiger partial charge in [-0.25, -0.2) is 17.6 Å². The SMILES string of the molecule is O=C(Nc1ccc(NC(=O)c2ccc(F)c(S(=O)(=O)N3CCOCC3)c2)cc1)NC1CC1. The predicted octanol–water partition coefficient (Wildman–Crippen LogP) is 2.38. The van der Waals surface area contributed by atoms with Gasteiger partial charge in [0.2, 0.25) is 10.0 Å². The van der Waals surface area contributed by atoms with Crippen LogP contribution in [0.2, 0.25) is 0 Å². The number of hydrogen-bond donors (Lipinski definition) is 3. The summed E-state index contributed by atoms with van der Waals surface area (Å²) in [6.45, 7) is 0.705. The van der Waals surface area contributed by atoms with Crippen LogP contribution in [0, 0.1) is 5.82 Å². The maximum atomic E-state index is 14.3. The van der Waals surface area contributed by atoms with Crippen LogP contribution in [0.15, 0.2) is 47.4 Å². The van der Waals surface area contributed by atoms with Crippen molar-refractivity contribution in [3.05, 3.63) is 53.8 Å². The molecule has 0 aromatic heterocycles. The standard InChI is InChI=1S/C21H23FN4O5S/c22-18-8-1-14(13-19(18)32(29,30)26-9-11-31-12-10-26)20(27)23-15-2-4-16(5-3-15)24-21(28)25-17-6-7-17/h1-5,8,13,17H,6-7,9-12H2,(H,23,27)(H2,24,25,28). The Morgan fingerprint density at radius 1 is 0.969 bits per heavy atom. The monoisotopic (exact) mass is 462 g/mol. The van der Waals surface area contributed by atoms with Crippen LogP contribution in [-0.2, 0) is 14.8 Å². The van der Waals surface area contributed by atoms with Crippen LogP contribution in [0.3, 0.4) is 0 Å². The summed E-state index contributed by atoms with van der Waals surface area (Å²) in [4.78, 5) is 23.9. The highest BCUT2D eigenvalue weighted by Crippen LogP contribution is 2.23. The number of benzene rings is 2. The van der Waals surface area contributed by atoms with Gasteiger partial charge in [0.05, 0.1) is 13.2 Å². The normalized spacial score (nSPS) is 16.9. The first kappa shape index (κ1) is 22.2. The van der Waals surface area contributed by atoms with Gasteiger partial charge in [0, 0.05) is 36.1 Å². The molecule has 1 heterocycles. The van der Waals surface area contributed by atoms with E-state index in [0.29, 0.717) is 11.4 Å². The number of carbonyl (C=O) groups is 2. The molecule has 0 radical (unpaired) electrons. The second kappa shape index (κ2) is 9.23. The second-order valence-electron chi connectivity index (χ2n) is 7.57. The molecule has 9 nitrogen and oxygen atoms in total. The molecule has 170 valence electrons. The molecule has 1 saturated heterocycles. The van der Waals surface area contributed by atoms with E-state index < -0.39 is 26.6 Å². The minimum atomic E-state index is -4.09. The minimum Gasteiger partial charge on any atom is -0.379 e. The lowest BCUT2D eigenvalue weighted by Crippen LogP contribution is -2.41. The molecule has 1 aliphatic heterocycles. The molecule has 0 spiro atoms. The summed E-state index contributed by atoms with van der Waals surface area (Å²) in [5.74, 6) is -1.51. The first-order valence-electron chi connectivity index (χ1n) is 10.2. The van der Waals surface area contributed by atoms with Gasteiger partial charge in [-0.05, 0) is 55.3 Å². The first-order chi connectivity index (χ1) is 15.3. The number of carbonyl (C=O) groups excluding carboxylic acids is 2. The van der Waals surface area contributed by atoms with Gasteiger partial charge in [0.25, 0.3) is 5.91 Å². The Bertz CT molecular complexity index is 1110. The van der Waals surface area contributed by atoms with Gasteiger partial charge in [0.1, 0.15) is 10.7 Å². The Labute approximate surface area is 185 Å². The molecule has 11 heteroatoms. The fourth-order valence-corrected chi connectivity index (χ4v) is 4.69. The highest BCUT2D eigenvalue weighted by Gasteiger charge is 2.30. The number of nitrogens with one attached hydrogen (secondary N) is 3. The zero-order valence-corrected chi connectivity index (χ0v) is 18.0. The predicted molar refractivity (Wildman–Crippen MR) is 116 cm³/mol. The van der Waals surface area contributed by atoms with Gasteiger partial charge in [-0.2, -0.15) is 4.31 Å². The Balaban J connectivity index is 1.44. The van der Waals surface area contributed by atoms with Crippen LogP contribution in [0.5, 0.6) is 0 Å². The zero-order chi connectivity index (χ0) is 22.7. The Morgan fingerprint density at radius 3 is 2.22 bits per heavy atom. The van der Waals surface area contributed by atoms with Gasteiger partial charge in [-0.1, -0.05) is 0 Å². The average Bonchev–Trinajstić information content (AvgIpc) is 3.59. The third-order valence-corrected chi connectivity index (χ3v) is 7.01. The number of sulfonamides is 1. The number of amides is 3. The summed E-state index contributed by atoms with van der Waals surface area (Å²) in [7, 11) is -4.09. The Morgan fingerprint density at radius 2 is 1.59 bits per heavy atom. The summed E-state index contributed by atoms with van der Waals surface area (Å²) in [5.41, 5.74) is 0.996. The van der Waals surface area contributed by atoms with Crippen molar-refractivity contribution in [2.24, 2.45) is 0 Å². The molecule has 2 fully saturated rings. The zero-order valence-electron chi connectivity index (χ0n) is 17.1. The van der Waals surface area contributed by atoms with Crippen molar-refractivity contribution in [2.75, 3.05) is 36.9 Å². The fourth-order valence-electron chi connectivity index (χ4n) is 3.19. The molecule has 4 rings (SSSR count). The van der Waals surface area contributed by atoms with E-state index in [0.717, 1.165) is 29.3 Å². The van der Waals surface area contributed by atoms with E-state index in [1.807, 2.05) is 0 Å². The first-order valence-corrected chi connectivity index (χ1v) is 11.6. The third kappa shape index (κ3) is 5.23. The molecule has 0 bridgehead atoms. The molecule has 3 N–H and O–H groups in total. The molecule has 2 aromatic carbocycles.